The Labute approximate surface area is 158 Å². The summed E-state index contributed by atoms with van der Waals surface area (Å²) >= 11 is 0. The number of cyclic esters (lactones) is 1. The first-order valence-electron chi connectivity index (χ1n) is 9.06. The summed E-state index contributed by atoms with van der Waals surface area (Å²) in [5.41, 5.74) is -0.195. The molecule has 2 aromatic heterocycles. The number of hydrogen-bond donors (Lipinski definition) is 1. The van der Waals surface area contributed by atoms with Crippen molar-refractivity contribution in [2.45, 2.75) is 59.0 Å². The van der Waals surface area contributed by atoms with Crippen LogP contribution in [0.15, 0.2) is 16.8 Å². The van der Waals surface area contributed by atoms with Crippen LogP contribution in [-0.4, -0.2) is 38.9 Å². The molecule has 27 heavy (non-hydrogen) atoms. The van der Waals surface area contributed by atoms with Crippen molar-refractivity contribution in [1.29, 1.82) is 0 Å². The maximum atomic E-state index is 12.1. The second-order valence-electron chi connectivity index (χ2n) is 8.07. The molecule has 2 atom stereocenters. The number of nitrogens with zero attached hydrogens (tertiary/aromatic N) is 5. The summed E-state index contributed by atoms with van der Waals surface area (Å²) in [4.78, 5) is 26.9. The van der Waals surface area contributed by atoms with Gasteiger partial charge in [0, 0.05) is 11.6 Å². The van der Waals surface area contributed by atoms with E-state index in [9.17, 15) is 4.79 Å². The van der Waals surface area contributed by atoms with Crippen molar-refractivity contribution in [3.05, 3.63) is 24.0 Å². The number of amides is 1. The average Bonchev–Trinajstić information content (AvgIpc) is 3.21. The van der Waals surface area contributed by atoms with Gasteiger partial charge in [0.05, 0.1) is 6.04 Å². The van der Waals surface area contributed by atoms with Crippen LogP contribution in [0, 0.1) is 5.92 Å². The number of ether oxygens (including phenoxy) is 1. The number of anilines is 2. The standard InChI is InChI=1S/C18H26N6O3/c1-10(2)12-9-26-17(25)24(12)13-7-8-19-16(21-13)20-11(3)14-22-15(23-27-14)18(4,5)6/h7-8,10-12H,9H2,1-6H3,(H,19,20,21)/t11-,12+/m0/s1. The van der Waals surface area contributed by atoms with E-state index in [0.29, 0.717) is 30.1 Å². The molecule has 1 fully saturated rings. The van der Waals surface area contributed by atoms with Gasteiger partial charge >= 0.3 is 6.09 Å². The molecule has 1 aliphatic heterocycles. The van der Waals surface area contributed by atoms with E-state index in [-0.39, 0.29) is 23.4 Å². The van der Waals surface area contributed by atoms with E-state index < -0.39 is 6.09 Å². The average molecular weight is 374 g/mol. The minimum absolute atomic E-state index is 0.0528. The van der Waals surface area contributed by atoms with E-state index in [0.717, 1.165) is 0 Å². The smallest absolute Gasteiger partial charge is 0.415 e. The van der Waals surface area contributed by atoms with E-state index in [2.05, 4.69) is 25.4 Å². The van der Waals surface area contributed by atoms with Crippen molar-refractivity contribution in [2.75, 3.05) is 16.8 Å². The first kappa shape index (κ1) is 19.1. The third-order valence-electron chi connectivity index (χ3n) is 4.39. The van der Waals surface area contributed by atoms with Gasteiger partial charge in [0.15, 0.2) is 5.82 Å². The number of carbonyl (C=O) groups excluding carboxylic acids is 1. The van der Waals surface area contributed by atoms with Crippen LogP contribution in [0.3, 0.4) is 0 Å². The molecule has 9 nitrogen and oxygen atoms in total. The second kappa shape index (κ2) is 7.13. The lowest BCUT2D eigenvalue weighted by Crippen LogP contribution is -2.37. The van der Waals surface area contributed by atoms with Crippen molar-refractivity contribution in [3.63, 3.8) is 0 Å². The summed E-state index contributed by atoms with van der Waals surface area (Å²) < 4.78 is 10.5. The fraction of sp³-hybridized carbons (Fsp3) is 0.611. The molecule has 0 aromatic carbocycles. The zero-order valence-corrected chi connectivity index (χ0v) is 16.6. The number of hydrogen-bond acceptors (Lipinski definition) is 8. The van der Waals surface area contributed by atoms with Gasteiger partial charge in [-0.3, -0.25) is 4.90 Å². The predicted octanol–water partition coefficient (Wildman–Crippen LogP) is 3.31. The van der Waals surface area contributed by atoms with Crippen LogP contribution in [0.5, 0.6) is 0 Å². The van der Waals surface area contributed by atoms with Gasteiger partial charge in [-0.05, 0) is 18.9 Å². The van der Waals surface area contributed by atoms with Gasteiger partial charge in [-0.1, -0.05) is 39.8 Å². The van der Waals surface area contributed by atoms with Crippen molar-refractivity contribution in [1.82, 2.24) is 20.1 Å². The Kier molecular flexibility index (Phi) is 5.03. The van der Waals surface area contributed by atoms with E-state index in [1.54, 1.807) is 17.2 Å². The van der Waals surface area contributed by atoms with Gasteiger partial charge in [0.1, 0.15) is 18.5 Å². The SMILES string of the molecule is CC(C)[C@H]1COC(=O)N1c1ccnc(N[C@@H](C)c2nc(C(C)(C)C)no2)n1. The maximum Gasteiger partial charge on any atom is 0.415 e. The van der Waals surface area contributed by atoms with E-state index in [4.69, 9.17) is 9.26 Å². The Bertz CT molecular complexity index is 813. The topological polar surface area (TPSA) is 106 Å². The molecule has 2 aromatic rings. The monoisotopic (exact) mass is 374 g/mol. The maximum absolute atomic E-state index is 12.1. The number of carbonyl (C=O) groups is 1. The predicted molar refractivity (Wildman–Crippen MR) is 99.5 cm³/mol. The van der Waals surface area contributed by atoms with Crippen LogP contribution >= 0.6 is 0 Å². The van der Waals surface area contributed by atoms with Gasteiger partial charge < -0.3 is 14.6 Å². The van der Waals surface area contributed by atoms with Crippen molar-refractivity contribution in [2.24, 2.45) is 5.92 Å². The molecule has 0 unspecified atom stereocenters. The van der Waals surface area contributed by atoms with Gasteiger partial charge in [-0.25, -0.2) is 9.78 Å². The van der Waals surface area contributed by atoms with Crippen LogP contribution in [0.2, 0.25) is 0 Å². The molecule has 9 heteroatoms. The highest BCUT2D eigenvalue weighted by Gasteiger charge is 2.37. The highest BCUT2D eigenvalue weighted by Crippen LogP contribution is 2.27. The molecule has 3 heterocycles. The van der Waals surface area contributed by atoms with Gasteiger partial charge in [-0.15, -0.1) is 0 Å². The zero-order chi connectivity index (χ0) is 19.8. The second-order valence-corrected chi connectivity index (χ2v) is 8.07. The molecular formula is C18H26N6O3. The minimum Gasteiger partial charge on any atom is -0.447 e. The van der Waals surface area contributed by atoms with Crippen LogP contribution < -0.4 is 10.2 Å². The van der Waals surface area contributed by atoms with Crippen LogP contribution in [0.4, 0.5) is 16.6 Å². The lowest BCUT2D eigenvalue weighted by Gasteiger charge is -2.23. The molecule has 0 bridgehead atoms. The molecular weight excluding hydrogens is 348 g/mol. The molecule has 3 rings (SSSR count). The molecule has 0 radical (unpaired) electrons. The number of aromatic nitrogens is 4. The fourth-order valence-electron chi connectivity index (χ4n) is 2.71. The van der Waals surface area contributed by atoms with Gasteiger partial charge in [-0.2, -0.15) is 9.97 Å². The lowest BCUT2D eigenvalue weighted by molar-refractivity contribution is 0.177. The van der Waals surface area contributed by atoms with Gasteiger partial charge in [0.25, 0.3) is 0 Å². The Morgan fingerprint density at radius 2 is 2.00 bits per heavy atom. The fourth-order valence-corrected chi connectivity index (χ4v) is 2.71. The quantitative estimate of drug-likeness (QED) is 0.849. The number of nitrogens with one attached hydrogen (secondary N) is 1. The molecule has 1 N–H and O–H groups in total. The van der Waals surface area contributed by atoms with Crippen molar-refractivity contribution < 1.29 is 14.1 Å². The largest absolute Gasteiger partial charge is 0.447 e. The van der Waals surface area contributed by atoms with Crippen LogP contribution in [0.25, 0.3) is 0 Å². The summed E-state index contributed by atoms with van der Waals surface area (Å²) in [6.07, 6.45) is 1.22. The van der Waals surface area contributed by atoms with E-state index >= 15 is 0 Å². The molecule has 146 valence electrons. The molecule has 0 spiro atoms. The molecule has 1 saturated heterocycles. The highest BCUT2D eigenvalue weighted by atomic mass is 16.6. The normalized spacial score (nSPS) is 18.7. The summed E-state index contributed by atoms with van der Waals surface area (Å²) in [5.74, 6) is 2.21. The third kappa shape index (κ3) is 4.01. The van der Waals surface area contributed by atoms with E-state index in [1.165, 1.54) is 0 Å². The van der Waals surface area contributed by atoms with Crippen LogP contribution in [0.1, 0.15) is 59.3 Å². The molecule has 1 amide bonds. The lowest BCUT2D eigenvalue weighted by atomic mass is 9.96. The first-order valence-corrected chi connectivity index (χ1v) is 9.06. The molecule has 1 aliphatic rings. The van der Waals surface area contributed by atoms with Crippen molar-refractivity contribution in [3.8, 4) is 0 Å². The van der Waals surface area contributed by atoms with E-state index in [1.807, 2.05) is 41.5 Å². The summed E-state index contributed by atoms with van der Waals surface area (Å²) in [6.45, 7) is 12.4. The Morgan fingerprint density at radius 3 is 2.63 bits per heavy atom. The molecule has 0 aliphatic carbocycles. The minimum atomic E-state index is -0.391. The van der Waals surface area contributed by atoms with Crippen molar-refractivity contribution >= 4 is 17.9 Å². The third-order valence-corrected chi connectivity index (χ3v) is 4.39. The summed E-state index contributed by atoms with van der Waals surface area (Å²) in [7, 11) is 0. The van der Waals surface area contributed by atoms with Crippen LogP contribution in [-0.2, 0) is 10.2 Å². The first-order chi connectivity index (χ1) is 12.7. The summed E-state index contributed by atoms with van der Waals surface area (Å²) in [5, 5.41) is 7.18. The Balaban J connectivity index is 1.78. The Hall–Kier alpha value is -2.71. The molecule has 0 saturated carbocycles. The highest BCUT2D eigenvalue weighted by molar-refractivity contribution is 5.89. The zero-order valence-electron chi connectivity index (χ0n) is 16.6. The Morgan fingerprint density at radius 1 is 1.26 bits per heavy atom. The summed E-state index contributed by atoms with van der Waals surface area (Å²) in [6, 6.07) is 1.36. The number of rotatable bonds is 5. The van der Waals surface area contributed by atoms with Gasteiger partial charge in [0.2, 0.25) is 11.8 Å².